The number of aryl methyl sites for hydroxylation is 1. The van der Waals surface area contributed by atoms with Gasteiger partial charge in [0.2, 0.25) is 5.91 Å². The molecular weight excluding hydrogens is 238 g/mol. The largest absolute Gasteiger partial charge is 0.310 e. The summed E-state index contributed by atoms with van der Waals surface area (Å²) >= 11 is 0. The van der Waals surface area contributed by atoms with Crippen molar-refractivity contribution in [3.63, 3.8) is 0 Å². The molecule has 19 heavy (non-hydrogen) atoms. The molecule has 1 unspecified atom stereocenters. The molecular formula is C15H23N3O. The minimum absolute atomic E-state index is 0.102. The fourth-order valence-corrected chi connectivity index (χ4v) is 2.41. The quantitative estimate of drug-likeness (QED) is 0.882. The van der Waals surface area contributed by atoms with Crippen LogP contribution < -0.4 is 10.2 Å². The lowest BCUT2D eigenvalue weighted by atomic mass is 10.1. The van der Waals surface area contributed by atoms with Gasteiger partial charge in [-0.3, -0.25) is 4.79 Å². The Kier molecular flexibility index (Phi) is 4.56. The summed E-state index contributed by atoms with van der Waals surface area (Å²) in [6.07, 6.45) is 1.03. The summed E-state index contributed by atoms with van der Waals surface area (Å²) < 4.78 is 0. The second kappa shape index (κ2) is 6.17. The van der Waals surface area contributed by atoms with Gasteiger partial charge in [-0.2, -0.15) is 0 Å². The van der Waals surface area contributed by atoms with Crippen LogP contribution in [0.4, 0.5) is 5.69 Å². The summed E-state index contributed by atoms with van der Waals surface area (Å²) in [6, 6.07) is 8.20. The van der Waals surface area contributed by atoms with Gasteiger partial charge in [0.15, 0.2) is 0 Å². The molecule has 0 radical (unpaired) electrons. The normalized spacial score (nSPS) is 20.1. The molecule has 1 amide bonds. The molecule has 1 atom stereocenters. The van der Waals surface area contributed by atoms with E-state index in [4.69, 9.17) is 0 Å². The van der Waals surface area contributed by atoms with E-state index in [2.05, 4.69) is 36.5 Å². The summed E-state index contributed by atoms with van der Waals surface area (Å²) in [5.74, 6) is 0.171. The summed E-state index contributed by atoms with van der Waals surface area (Å²) in [4.78, 5) is 16.4. The zero-order valence-electron chi connectivity index (χ0n) is 12.0. The molecule has 0 aliphatic carbocycles. The number of anilines is 1. The van der Waals surface area contributed by atoms with Crippen LogP contribution in [0.15, 0.2) is 24.3 Å². The fraction of sp³-hybridized carbons (Fsp3) is 0.533. The number of benzene rings is 1. The third-order valence-electron chi connectivity index (χ3n) is 3.49. The summed E-state index contributed by atoms with van der Waals surface area (Å²) in [5, 5.41) is 3.29. The van der Waals surface area contributed by atoms with Crippen molar-refractivity contribution < 1.29 is 4.79 Å². The molecule has 1 aliphatic rings. The van der Waals surface area contributed by atoms with E-state index in [1.165, 1.54) is 5.56 Å². The van der Waals surface area contributed by atoms with Crippen molar-refractivity contribution in [1.29, 1.82) is 0 Å². The van der Waals surface area contributed by atoms with Gasteiger partial charge >= 0.3 is 0 Å². The number of carbonyl (C=O) groups excluding carboxylic acids is 1. The number of carbonyl (C=O) groups is 1. The van der Waals surface area contributed by atoms with Crippen molar-refractivity contribution in [3.8, 4) is 0 Å². The molecule has 0 saturated carbocycles. The van der Waals surface area contributed by atoms with Gasteiger partial charge in [-0.1, -0.05) is 19.1 Å². The first-order valence-corrected chi connectivity index (χ1v) is 6.90. The Morgan fingerprint density at radius 3 is 2.58 bits per heavy atom. The molecule has 1 saturated heterocycles. The summed E-state index contributed by atoms with van der Waals surface area (Å²) in [5.41, 5.74) is 2.31. The van der Waals surface area contributed by atoms with Gasteiger partial charge in [0.1, 0.15) is 6.04 Å². The maximum Gasteiger partial charge on any atom is 0.245 e. The second-order valence-corrected chi connectivity index (χ2v) is 5.28. The number of amides is 1. The molecule has 1 N–H and O–H groups in total. The Balaban J connectivity index is 2.12. The SMILES string of the molecule is CCc1ccc(N2CCNC(CN(C)C)C2=O)cc1. The highest BCUT2D eigenvalue weighted by atomic mass is 16.2. The van der Waals surface area contributed by atoms with Crippen LogP contribution in [0.5, 0.6) is 0 Å². The van der Waals surface area contributed by atoms with Crippen molar-refractivity contribution in [2.45, 2.75) is 19.4 Å². The van der Waals surface area contributed by atoms with E-state index in [0.717, 1.165) is 31.7 Å². The van der Waals surface area contributed by atoms with Crippen molar-refractivity contribution in [2.24, 2.45) is 0 Å². The van der Waals surface area contributed by atoms with Crippen molar-refractivity contribution in [3.05, 3.63) is 29.8 Å². The number of nitrogens with one attached hydrogen (secondary N) is 1. The topological polar surface area (TPSA) is 35.6 Å². The van der Waals surface area contributed by atoms with E-state index in [1.54, 1.807) is 0 Å². The molecule has 104 valence electrons. The van der Waals surface area contributed by atoms with Crippen LogP contribution in [0.25, 0.3) is 0 Å². The minimum atomic E-state index is -0.102. The molecule has 1 aliphatic heterocycles. The molecule has 1 aromatic rings. The van der Waals surface area contributed by atoms with Crippen LogP contribution in [-0.4, -0.2) is 50.6 Å². The average Bonchev–Trinajstić information content (AvgIpc) is 2.41. The predicted octanol–water partition coefficient (Wildman–Crippen LogP) is 1.12. The van der Waals surface area contributed by atoms with E-state index in [-0.39, 0.29) is 11.9 Å². The third kappa shape index (κ3) is 3.33. The zero-order chi connectivity index (χ0) is 13.8. The van der Waals surface area contributed by atoms with Crippen molar-refractivity contribution in [2.75, 3.05) is 38.6 Å². The van der Waals surface area contributed by atoms with Gasteiger partial charge in [0.05, 0.1) is 0 Å². The maximum atomic E-state index is 12.5. The molecule has 4 heteroatoms. The molecule has 0 spiro atoms. The van der Waals surface area contributed by atoms with Gasteiger partial charge in [0.25, 0.3) is 0 Å². The van der Waals surface area contributed by atoms with Crippen LogP contribution in [0.3, 0.4) is 0 Å². The number of hydrogen-bond acceptors (Lipinski definition) is 3. The lowest BCUT2D eigenvalue weighted by molar-refractivity contribution is -0.121. The average molecular weight is 261 g/mol. The van der Waals surface area contributed by atoms with Gasteiger partial charge in [0, 0.05) is 25.3 Å². The summed E-state index contributed by atoms with van der Waals surface area (Å²) in [7, 11) is 3.98. The number of nitrogens with zero attached hydrogens (tertiary/aromatic N) is 2. The Morgan fingerprint density at radius 1 is 1.32 bits per heavy atom. The third-order valence-corrected chi connectivity index (χ3v) is 3.49. The zero-order valence-corrected chi connectivity index (χ0v) is 12.0. The van der Waals surface area contributed by atoms with Crippen LogP contribution in [0, 0.1) is 0 Å². The summed E-state index contributed by atoms with van der Waals surface area (Å²) in [6.45, 7) is 4.47. The molecule has 1 aromatic carbocycles. The first-order chi connectivity index (χ1) is 9.11. The Morgan fingerprint density at radius 2 is 2.00 bits per heavy atom. The highest BCUT2D eigenvalue weighted by Gasteiger charge is 2.29. The van der Waals surface area contributed by atoms with Crippen LogP contribution in [0.1, 0.15) is 12.5 Å². The molecule has 2 rings (SSSR count). The number of piperazine rings is 1. The number of likely N-dealkylation sites (N-methyl/N-ethyl adjacent to an activating group) is 1. The van der Waals surface area contributed by atoms with E-state index >= 15 is 0 Å². The van der Waals surface area contributed by atoms with Crippen molar-refractivity contribution >= 4 is 11.6 Å². The van der Waals surface area contributed by atoms with E-state index in [9.17, 15) is 4.79 Å². The maximum absolute atomic E-state index is 12.5. The van der Waals surface area contributed by atoms with Gasteiger partial charge in [-0.05, 0) is 38.2 Å². The smallest absolute Gasteiger partial charge is 0.245 e. The van der Waals surface area contributed by atoms with Gasteiger partial charge in [-0.15, -0.1) is 0 Å². The second-order valence-electron chi connectivity index (χ2n) is 5.28. The van der Waals surface area contributed by atoms with E-state index < -0.39 is 0 Å². The lowest BCUT2D eigenvalue weighted by Crippen LogP contribution is -2.58. The van der Waals surface area contributed by atoms with Crippen LogP contribution >= 0.6 is 0 Å². The molecule has 1 heterocycles. The number of hydrogen-bond donors (Lipinski definition) is 1. The molecule has 1 fully saturated rings. The number of rotatable bonds is 4. The Labute approximate surface area is 115 Å². The molecule has 0 bridgehead atoms. The van der Waals surface area contributed by atoms with Gasteiger partial charge in [-0.25, -0.2) is 0 Å². The molecule has 4 nitrogen and oxygen atoms in total. The van der Waals surface area contributed by atoms with Crippen molar-refractivity contribution in [1.82, 2.24) is 10.2 Å². The van der Waals surface area contributed by atoms with Crippen LogP contribution in [0.2, 0.25) is 0 Å². The fourth-order valence-electron chi connectivity index (χ4n) is 2.41. The standard InChI is InChI=1S/C15H23N3O/c1-4-12-5-7-13(8-6-12)18-10-9-16-14(15(18)19)11-17(2)3/h5-8,14,16H,4,9-11H2,1-3H3. The van der Waals surface area contributed by atoms with E-state index in [1.807, 2.05) is 23.9 Å². The van der Waals surface area contributed by atoms with E-state index in [0.29, 0.717) is 0 Å². The monoisotopic (exact) mass is 261 g/mol. The Hall–Kier alpha value is -1.39. The first kappa shape index (κ1) is 14.0. The predicted molar refractivity (Wildman–Crippen MR) is 78.5 cm³/mol. The lowest BCUT2D eigenvalue weighted by Gasteiger charge is -2.34. The minimum Gasteiger partial charge on any atom is -0.310 e. The van der Waals surface area contributed by atoms with Crippen LogP contribution in [-0.2, 0) is 11.2 Å². The highest BCUT2D eigenvalue weighted by molar-refractivity contribution is 5.98. The molecule has 0 aromatic heterocycles. The van der Waals surface area contributed by atoms with Gasteiger partial charge < -0.3 is 15.1 Å². The Bertz CT molecular complexity index is 428. The first-order valence-electron chi connectivity index (χ1n) is 6.90. The highest BCUT2D eigenvalue weighted by Crippen LogP contribution is 2.18.